The molecule has 0 aliphatic rings. The molecule has 0 saturated heterocycles. The van der Waals surface area contributed by atoms with Crippen LogP contribution in [0.25, 0.3) is 23.1 Å². The Hall–Kier alpha value is -3.60. The maximum atomic E-state index is 12.9. The molecule has 184 valence electrons. The molecule has 0 unspecified atom stereocenters. The van der Waals surface area contributed by atoms with Crippen LogP contribution >= 0.6 is 23.2 Å². The molecule has 37 heavy (non-hydrogen) atoms. The van der Waals surface area contributed by atoms with Crippen molar-refractivity contribution >= 4 is 46.3 Å². The third-order valence-corrected chi connectivity index (χ3v) is 6.74. The number of aromatic nitrogens is 1. The van der Waals surface area contributed by atoms with Gasteiger partial charge in [-0.25, -0.2) is 0 Å². The van der Waals surface area contributed by atoms with Crippen LogP contribution in [0, 0.1) is 0 Å². The molecule has 0 fully saturated rings. The molecule has 0 amide bonds. The molecular weight excluding hydrogens is 514 g/mol. The Balaban J connectivity index is 1.56. The van der Waals surface area contributed by atoms with E-state index >= 15 is 0 Å². The fraction of sp³-hybridized carbons (Fsp3) is 0.0645. The van der Waals surface area contributed by atoms with Crippen molar-refractivity contribution in [3.05, 3.63) is 147 Å². The molecule has 1 aromatic heterocycles. The van der Waals surface area contributed by atoms with Gasteiger partial charge in [0, 0.05) is 27.5 Å². The molecule has 0 aliphatic carbocycles. The van der Waals surface area contributed by atoms with Gasteiger partial charge in [0.05, 0.1) is 11.1 Å². The standard InChI is InChI=1S/C31H20Cl2F3N/c32-26-12-5-22(6-13-26)30(23-7-14-27(33)15-8-23)24-9-16-29-28(19-24)21(17-18-37-29)4-1-20-2-10-25(11-3-20)31(34,35)36/h1-19,30H/b4-1+. The van der Waals surface area contributed by atoms with Crippen LogP contribution in [0.1, 0.15) is 39.3 Å². The molecule has 0 radical (unpaired) electrons. The normalized spacial score (nSPS) is 12.1. The summed E-state index contributed by atoms with van der Waals surface area (Å²) in [6, 6.07) is 28.7. The first-order valence-corrected chi connectivity index (χ1v) is 12.3. The average molecular weight is 534 g/mol. The van der Waals surface area contributed by atoms with Gasteiger partial charge < -0.3 is 0 Å². The fourth-order valence-electron chi connectivity index (χ4n) is 4.37. The van der Waals surface area contributed by atoms with Gasteiger partial charge in [0.1, 0.15) is 0 Å². The summed E-state index contributed by atoms with van der Waals surface area (Å²) < 4.78 is 38.7. The molecule has 0 N–H and O–H groups in total. The van der Waals surface area contributed by atoms with Gasteiger partial charge in [0.2, 0.25) is 0 Å². The van der Waals surface area contributed by atoms with Crippen LogP contribution in [0.2, 0.25) is 10.0 Å². The number of fused-ring (bicyclic) bond motifs is 1. The minimum atomic E-state index is -4.36. The maximum absolute atomic E-state index is 12.9. The molecule has 5 aromatic rings. The van der Waals surface area contributed by atoms with Crippen LogP contribution in [0.3, 0.4) is 0 Å². The number of halogens is 5. The largest absolute Gasteiger partial charge is 0.416 e. The van der Waals surface area contributed by atoms with E-state index in [-0.39, 0.29) is 5.92 Å². The number of pyridine rings is 1. The molecular formula is C31H20Cl2F3N. The molecule has 0 spiro atoms. The van der Waals surface area contributed by atoms with Crippen molar-refractivity contribution in [2.45, 2.75) is 12.1 Å². The van der Waals surface area contributed by atoms with Crippen molar-refractivity contribution in [2.75, 3.05) is 0 Å². The zero-order chi connectivity index (χ0) is 26.0. The maximum Gasteiger partial charge on any atom is 0.416 e. The summed E-state index contributed by atoms with van der Waals surface area (Å²) in [6.07, 6.45) is 1.07. The van der Waals surface area contributed by atoms with E-state index in [2.05, 4.69) is 17.1 Å². The second-order valence-corrected chi connectivity index (χ2v) is 9.54. The number of rotatable bonds is 5. The Morgan fingerprint density at radius 3 is 1.78 bits per heavy atom. The van der Waals surface area contributed by atoms with Crippen LogP contribution in [0.15, 0.2) is 103 Å². The second kappa shape index (κ2) is 10.4. The third-order valence-electron chi connectivity index (χ3n) is 6.23. The van der Waals surface area contributed by atoms with Gasteiger partial charge in [0.25, 0.3) is 0 Å². The summed E-state index contributed by atoms with van der Waals surface area (Å²) >= 11 is 12.3. The van der Waals surface area contributed by atoms with Crippen molar-refractivity contribution in [1.29, 1.82) is 0 Å². The Labute approximate surface area is 222 Å². The van der Waals surface area contributed by atoms with Gasteiger partial charge >= 0.3 is 6.18 Å². The van der Waals surface area contributed by atoms with Crippen molar-refractivity contribution in [3.63, 3.8) is 0 Å². The zero-order valence-electron chi connectivity index (χ0n) is 19.4. The predicted octanol–water partition coefficient (Wildman–Crippen LogP) is 9.91. The smallest absolute Gasteiger partial charge is 0.256 e. The Kier molecular flexibility index (Phi) is 7.05. The molecule has 6 heteroatoms. The highest BCUT2D eigenvalue weighted by atomic mass is 35.5. The van der Waals surface area contributed by atoms with E-state index in [1.54, 1.807) is 12.3 Å². The average Bonchev–Trinajstić information content (AvgIpc) is 2.89. The Morgan fingerprint density at radius 1 is 0.649 bits per heavy atom. The molecule has 1 nitrogen and oxygen atoms in total. The molecule has 0 saturated carbocycles. The van der Waals surface area contributed by atoms with Crippen LogP contribution in [-0.2, 0) is 6.18 Å². The number of hydrogen-bond acceptors (Lipinski definition) is 1. The predicted molar refractivity (Wildman–Crippen MR) is 146 cm³/mol. The summed E-state index contributed by atoms with van der Waals surface area (Å²) in [5, 5.41) is 2.27. The van der Waals surface area contributed by atoms with Crippen molar-refractivity contribution < 1.29 is 13.2 Å². The lowest BCUT2D eigenvalue weighted by Gasteiger charge is -2.20. The van der Waals surface area contributed by atoms with Crippen LogP contribution in [-0.4, -0.2) is 4.98 Å². The number of alkyl halides is 3. The van der Waals surface area contributed by atoms with E-state index in [9.17, 15) is 13.2 Å². The molecule has 0 atom stereocenters. The zero-order valence-corrected chi connectivity index (χ0v) is 20.9. The number of nitrogens with zero attached hydrogens (tertiary/aromatic N) is 1. The van der Waals surface area contributed by atoms with Crippen molar-refractivity contribution in [1.82, 2.24) is 4.98 Å². The first kappa shape index (κ1) is 25.1. The number of hydrogen-bond donors (Lipinski definition) is 0. The van der Waals surface area contributed by atoms with Crippen LogP contribution in [0.5, 0.6) is 0 Å². The quantitative estimate of drug-likeness (QED) is 0.205. The van der Waals surface area contributed by atoms with Gasteiger partial charge in [-0.15, -0.1) is 0 Å². The summed E-state index contributed by atoms with van der Waals surface area (Å²) in [4.78, 5) is 4.51. The molecule has 0 bridgehead atoms. The topological polar surface area (TPSA) is 12.9 Å². The fourth-order valence-corrected chi connectivity index (χ4v) is 4.62. The molecule has 1 heterocycles. The lowest BCUT2D eigenvalue weighted by molar-refractivity contribution is -0.137. The summed E-state index contributed by atoms with van der Waals surface area (Å²) in [7, 11) is 0. The molecule has 5 rings (SSSR count). The van der Waals surface area contributed by atoms with Crippen molar-refractivity contribution in [2.24, 2.45) is 0 Å². The highest BCUT2D eigenvalue weighted by molar-refractivity contribution is 6.30. The number of benzene rings is 4. The Bertz CT molecular complexity index is 1510. The summed E-state index contributed by atoms with van der Waals surface area (Å²) in [5.41, 5.74) is 4.97. The van der Waals surface area contributed by atoms with E-state index in [1.807, 2.05) is 66.7 Å². The first-order chi connectivity index (χ1) is 17.8. The van der Waals surface area contributed by atoms with Gasteiger partial charge in [-0.2, -0.15) is 13.2 Å². The molecule has 0 aliphatic heterocycles. The molecule has 4 aromatic carbocycles. The van der Waals surface area contributed by atoms with E-state index in [4.69, 9.17) is 23.2 Å². The lowest BCUT2D eigenvalue weighted by atomic mass is 9.84. The van der Waals surface area contributed by atoms with Crippen LogP contribution in [0.4, 0.5) is 13.2 Å². The minimum absolute atomic E-state index is 0.0640. The highest BCUT2D eigenvalue weighted by Gasteiger charge is 2.29. The van der Waals surface area contributed by atoms with E-state index < -0.39 is 11.7 Å². The highest BCUT2D eigenvalue weighted by Crippen LogP contribution is 2.35. The van der Waals surface area contributed by atoms with Gasteiger partial charge in [-0.05, 0) is 82.4 Å². The van der Waals surface area contributed by atoms with Gasteiger partial charge in [-0.1, -0.05) is 77.8 Å². The van der Waals surface area contributed by atoms with E-state index in [0.717, 1.165) is 45.3 Å². The lowest BCUT2D eigenvalue weighted by Crippen LogP contribution is -2.04. The van der Waals surface area contributed by atoms with Crippen LogP contribution < -0.4 is 0 Å². The summed E-state index contributed by atoms with van der Waals surface area (Å²) in [5.74, 6) is -0.0640. The van der Waals surface area contributed by atoms with Crippen molar-refractivity contribution in [3.8, 4) is 0 Å². The van der Waals surface area contributed by atoms with Gasteiger partial charge in [0.15, 0.2) is 0 Å². The van der Waals surface area contributed by atoms with E-state index in [1.165, 1.54) is 12.1 Å². The second-order valence-electron chi connectivity index (χ2n) is 8.67. The van der Waals surface area contributed by atoms with Gasteiger partial charge in [-0.3, -0.25) is 4.98 Å². The third kappa shape index (κ3) is 5.71. The minimum Gasteiger partial charge on any atom is -0.256 e. The van der Waals surface area contributed by atoms with E-state index in [0.29, 0.717) is 15.6 Å². The first-order valence-electron chi connectivity index (χ1n) is 11.5. The summed E-state index contributed by atoms with van der Waals surface area (Å²) in [6.45, 7) is 0. The Morgan fingerprint density at radius 2 is 1.22 bits per heavy atom. The SMILES string of the molecule is FC(F)(F)c1ccc(/C=C/c2ccnc3ccc(C(c4ccc(Cl)cc4)c4ccc(Cl)cc4)cc23)cc1. The monoisotopic (exact) mass is 533 g/mol.